The average Bonchev–Trinajstić information content (AvgIpc) is 3.19. The Bertz CT molecular complexity index is 1180. The Morgan fingerprint density at radius 1 is 1.16 bits per heavy atom. The van der Waals surface area contributed by atoms with E-state index in [0.717, 1.165) is 5.56 Å². The van der Waals surface area contributed by atoms with E-state index in [4.69, 9.17) is 0 Å². The first-order chi connectivity index (χ1) is 12.0. The molecule has 9 heteroatoms. The van der Waals surface area contributed by atoms with Crippen molar-refractivity contribution in [3.63, 3.8) is 0 Å². The van der Waals surface area contributed by atoms with Crippen molar-refractivity contribution in [3.8, 4) is 10.6 Å². The number of aryl methyl sites for hydroxylation is 1. The molecule has 0 unspecified atom stereocenters. The Balaban J connectivity index is 1.98. The minimum atomic E-state index is -3.78. The van der Waals surface area contributed by atoms with Crippen molar-refractivity contribution >= 4 is 48.3 Å². The molecule has 25 heavy (non-hydrogen) atoms. The van der Waals surface area contributed by atoms with Crippen LogP contribution in [-0.2, 0) is 10.0 Å². The molecular formula is C16H11BrN4O2S2. The molecule has 4 aromatic rings. The third-order valence-electron chi connectivity index (χ3n) is 3.73. The second-order valence-electron chi connectivity index (χ2n) is 5.40. The molecule has 0 spiro atoms. The van der Waals surface area contributed by atoms with Crippen LogP contribution >= 0.6 is 27.3 Å². The van der Waals surface area contributed by atoms with Crippen molar-refractivity contribution in [1.82, 2.24) is 19.2 Å². The minimum Gasteiger partial charge on any atom is -0.229 e. The maximum atomic E-state index is 13.1. The zero-order valence-electron chi connectivity index (χ0n) is 12.9. The first kappa shape index (κ1) is 16.4. The summed E-state index contributed by atoms with van der Waals surface area (Å²) in [6.07, 6.45) is 3.09. The molecule has 0 aliphatic heterocycles. The van der Waals surface area contributed by atoms with E-state index in [1.165, 1.54) is 21.5 Å². The Morgan fingerprint density at radius 2 is 1.92 bits per heavy atom. The zero-order chi connectivity index (χ0) is 17.6. The lowest BCUT2D eigenvalue weighted by molar-refractivity contribution is 0.588. The van der Waals surface area contributed by atoms with Gasteiger partial charge in [-0.15, -0.1) is 16.4 Å². The second-order valence-corrected chi connectivity index (χ2v) is 8.89. The van der Waals surface area contributed by atoms with Gasteiger partial charge in [-0.1, -0.05) is 17.7 Å². The number of halogens is 1. The summed E-state index contributed by atoms with van der Waals surface area (Å²) in [4.78, 5) is 4.59. The molecule has 3 heterocycles. The fourth-order valence-electron chi connectivity index (χ4n) is 2.50. The Morgan fingerprint density at radius 3 is 2.60 bits per heavy atom. The van der Waals surface area contributed by atoms with Gasteiger partial charge < -0.3 is 0 Å². The summed E-state index contributed by atoms with van der Waals surface area (Å²) < 4.78 is 28.0. The third-order valence-corrected chi connectivity index (χ3v) is 6.98. The van der Waals surface area contributed by atoms with Gasteiger partial charge in [-0.05, 0) is 41.1 Å². The molecule has 0 aliphatic rings. The molecule has 3 aromatic heterocycles. The van der Waals surface area contributed by atoms with Crippen LogP contribution in [0.4, 0.5) is 0 Å². The summed E-state index contributed by atoms with van der Waals surface area (Å²) in [5.74, 6) is 0. The zero-order valence-corrected chi connectivity index (χ0v) is 16.1. The fourth-order valence-corrected chi connectivity index (χ4v) is 5.09. The van der Waals surface area contributed by atoms with Gasteiger partial charge >= 0.3 is 0 Å². The number of aromatic nitrogens is 4. The van der Waals surface area contributed by atoms with Crippen LogP contribution in [0.5, 0.6) is 0 Å². The van der Waals surface area contributed by atoms with Crippen molar-refractivity contribution in [1.29, 1.82) is 0 Å². The van der Waals surface area contributed by atoms with Crippen molar-refractivity contribution < 1.29 is 8.42 Å². The number of fused-ring (bicyclic) bond motifs is 1. The van der Waals surface area contributed by atoms with Gasteiger partial charge in [0.05, 0.1) is 11.1 Å². The van der Waals surface area contributed by atoms with E-state index in [-0.39, 0.29) is 10.5 Å². The lowest BCUT2D eigenvalue weighted by Gasteiger charge is -2.06. The highest BCUT2D eigenvalue weighted by Crippen LogP contribution is 2.34. The molecule has 4 rings (SSSR count). The SMILES string of the molecule is Cc1ccc(S(=O)(=O)n2cc(-c3nc(Br)cs3)c3ccnnc32)cc1. The van der Waals surface area contributed by atoms with Gasteiger partial charge in [-0.3, -0.25) is 0 Å². The van der Waals surface area contributed by atoms with Gasteiger partial charge in [0.1, 0.15) is 9.61 Å². The van der Waals surface area contributed by atoms with Crippen LogP contribution in [0.25, 0.3) is 21.6 Å². The van der Waals surface area contributed by atoms with Crippen LogP contribution in [0.3, 0.4) is 0 Å². The van der Waals surface area contributed by atoms with Crippen molar-refractivity contribution in [3.05, 3.63) is 58.3 Å². The van der Waals surface area contributed by atoms with Gasteiger partial charge in [0.25, 0.3) is 10.0 Å². The third kappa shape index (κ3) is 2.78. The predicted molar refractivity (Wildman–Crippen MR) is 100 cm³/mol. The average molecular weight is 435 g/mol. The Kier molecular flexibility index (Phi) is 3.94. The lowest BCUT2D eigenvalue weighted by atomic mass is 10.2. The van der Waals surface area contributed by atoms with Crippen molar-refractivity contribution in [2.24, 2.45) is 0 Å². The first-order valence-corrected chi connectivity index (χ1v) is 10.3. The molecule has 0 fully saturated rings. The van der Waals surface area contributed by atoms with Gasteiger partial charge in [0, 0.05) is 22.5 Å². The molecule has 1 aromatic carbocycles. The van der Waals surface area contributed by atoms with Gasteiger partial charge in [0.15, 0.2) is 5.65 Å². The predicted octanol–water partition coefficient (Wildman–Crippen LogP) is 3.86. The number of hydrogen-bond acceptors (Lipinski definition) is 6. The molecule has 0 atom stereocenters. The minimum absolute atomic E-state index is 0.201. The highest BCUT2D eigenvalue weighted by atomic mass is 79.9. The van der Waals surface area contributed by atoms with E-state index in [2.05, 4.69) is 31.1 Å². The summed E-state index contributed by atoms with van der Waals surface area (Å²) >= 11 is 4.75. The molecule has 6 nitrogen and oxygen atoms in total. The molecule has 0 N–H and O–H groups in total. The molecule has 126 valence electrons. The Hall–Kier alpha value is -2.10. The number of rotatable bonds is 3. The topological polar surface area (TPSA) is 77.7 Å². The molecular weight excluding hydrogens is 424 g/mol. The molecule has 0 bridgehead atoms. The molecule has 0 saturated carbocycles. The van der Waals surface area contributed by atoms with Gasteiger partial charge in [-0.2, -0.15) is 5.10 Å². The van der Waals surface area contributed by atoms with Crippen LogP contribution in [0.15, 0.2) is 57.6 Å². The summed E-state index contributed by atoms with van der Waals surface area (Å²) in [6.45, 7) is 1.91. The first-order valence-electron chi connectivity index (χ1n) is 7.23. The highest BCUT2D eigenvalue weighted by molar-refractivity contribution is 9.10. The van der Waals surface area contributed by atoms with E-state index in [1.807, 2.05) is 12.3 Å². The summed E-state index contributed by atoms with van der Waals surface area (Å²) in [7, 11) is -3.78. The number of benzene rings is 1. The van der Waals surface area contributed by atoms with Crippen LogP contribution in [0.1, 0.15) is 5.56 Å². The van der Waals surface area contributed by atoms with Crippen molar-refractivity contribution in [2.75, 3.05) is 0 Å². The molecule has 0 saturated heterocycles. The maximum Gasteiger partial charge on any atom is 0.269 e. The molecule has 0 amide bonds. The highest BCUT2D eigenvalue weighted by Gasteiger charge is 2.23. The van der Waals surface area contributed by atoms with Crippen molar-refractivity contribution in [2.45, 2.75) is 11.8 Å². The number of thiazole rings is 1. The fraction of sp³-hybridized carbons (Fsp3) is 0.0625. The van der Waals surface area contributed by atoms with Gasteiger partial charge in [-0.25, -0.2) is 17.4 Å². The van der Waals surface area contributed by atoms with Crippen LogP contribution in [0.2, 0.25) is 0 Å². The largest absolute Gasteiger partial charge is 0.269 e. The Labute approximate surface area is 156 Å². The van der Waals surface area contributed by atoms with E-state index in [0.29, 0.717) is 20.6 Å². The van der Waals surface area contributed by atoms with Crippen LogP contribution < -0.4 is 0 Å². The van der Waals surface area contributed by atoms with Crippen LogP contribution in [0, 0.1) is 6.92 Å². The molecule has 0 aliphatic carbocycles. The van der Waals surface area contributed by atoms with E-state index in [1.54, 1.807) is 36.5 Å². The summed E-state index contributed by atoms with van der Waals surface area (Å²) in [5, 5.41) is 11.1. The monoisotopic (exact) mass is 434 g/mol. The maximum absolute atomic E-state index is 13.1. The summed E-state index contributed by atoms with van der Waals surface area (Å²) in [5.41, 5.74) is 1.98. The number of nitrogens with zero attached hydrogens (tertiary/aromatic N) is 4. The standard InChI is InChI=1S/C16H11BrN4O2S2/c1-10-2-4-11(5-3-10)25(22,23)21-8-13(16-19-14(17)9-24-16)12-6-7-18-20-15(12)21/h2-9H,1H3. The summed E-state index contributed by atoms with van der Waals surface area (Å²) in [6, 6.07) is 8.46. The quantitative estimate of drug-likeness (QED) is 0.488. The van der Waals surface area contributed by atoms with E-state index >= 15 is 0 Å². The lowest BCUT2D eigenvalue weighted by Crippen LogP contribution is -2.12. The smallest absolute Gasteiger partial charge is 0.229 e. The van der Waals surface area contributed by atoms with E-state index in [9.17, 15) is 8.42 Å². The van der Waals surface area contributed by atoms with Crippen LogP contribution in [-0.4, -0.2) is 27.6 Å². The second kappa shape index (κ2) is 6.01. The van der Waals surface area contributed by atoms with Gasteiger partial charge in [0.2, 0.25) is 0 Å². The normalized spacial score (nSPS) is 11.9. The molecule has 0 radical (unpaired) electrons. The van der Waals surface area contributed by atoms with E-state index < -0.39 is 10.0 Å². The number of hydrogen-bond donors (Lipinski definition) is 0.